The van der Waals surface area contributed by atoms with Crippen LogP contribution in [0.2, 0.25) is 0 Å². The van der Waals surface area contributed by atoms with Crippen molar-refractivity contribution in [3.8, 4) is 17.2 Å². The largest absolute Gasteiger partial charge is 0.495 e. The molecule has 2 aromatic rings. The number of hydrogen-bond donors (Lipinski definition) is 1. The van der Waals surface area contributed by atoms with Crippen molar-refractivity contribution in [2.45, 2.75) is 13.8 Å². The summed E-state index contributed by atoms with van der Waals surface area (Å²) in [5.74, 6) is 0.941. The summed E-state index contributed by atoms with van der Waals surface area (Å²) in [7, 11) is 3.03. The first-order chi connectivity index (χ1) is 15.8. The van der Waals surface area contributed by atoms with E-state index in [1.54, 1.807) is 48.5 Å². The highest BCUT2D eigenvalue weighted by Gasteiger charge is 2.36. The van der Waals surface area contributed by atoms with Crippen molar-refractivity contribution >= 4 is 40.6 Å². The maximum atomic E-state index is 12.8. The van der Waals surface area contributed by atoms with Gasteiger partial charge in [0.25, 0.3) is 11.1 Å². The first-order valence-corrected chi connectivity index (χ1v) is 11.1. The normalized spacial score (nSPS) is 14.7. The molecule has 0 saturated carbocycles. The van der Waals surface area contributed by atoms with Crippen molar-refractivity contribution in [3.05, 3.63) is 52.9 Å². The van der Waals surface area contributed by atoms with Gasteiger partial charge in [0.15, 0.2) is 11.5 Å². The summed E-state index contributed by atoms with van der Waals surface area (Å²) >= 11 is 0.786. The Balaban J connectivity index is 1.71. The number of para-hydroxylation sites is 2. The molecular formula is C24H26N2O6S. The molecule has 0 radical (unpaired) electrons. The van der Waals surface area contributed by atoms with Crippen LogP contribution in [0.1, 0.15) is 19.4 Å². The SMILES string of the molecule is COc1ccccc1NC(=O)CN1C(=O)S/C(=C\c2ccc(OCC(C)C)c(OC)c2)C1=O. The van der Waals surface area contributed by atoms with Gasteiger partial charge in [0.05, 0.1) is 31.4 Å². The second kappa shape index (κ2) is 10.9. The lowest BCUT2D eigenvalue weighted by Gasteiger charge is -2.14. The van der Waals surface area contributed by atoms with Gasteiger partial charge >= 0.3 is 0 Å². The van der Waals surface area contributed by atoms with Gasteiger partial charge in [0.1, 0.15) is 12.3 Å². The fraction of sp³-hybridized carbons (Fsp3) is 0.292. The zero-order valence-corrected chi connectivity index (χ0v) is 19.7. The molecule has 8 nitrogen and oxygen atoms in total. The number of ether oxygens (including phenoxy) is 3. The number of rotatable bonds is 9. The summed E-state index contributed by atoms with van der Waals surface area (Å²) < 4.78 is 16.3. The second-order valence-electron chi connectivity index (χ2n) is 7.63. The molecule has 1 fully saturated rings. The molecule has 0 bridgehead atoms. The lowest BCUT2D eigenvalue weighted by molar-refractivity contribution is -0.127. The number of imide groups is 1. The number of nitrogens with one attached hydrogen (secondary N) is 1. The number of hydrogen-bond acceptors (Lipinski definition) is 7. The highest BCUT2D eigenvalue weighted by atomic mass is 32.2. The predicted molar refractivity (Wildman–Crippen MR) is 128 cm³/mol. The Bertz CT molecular complexity index is 1080. The van der Waals surface area contributed by atoms with E-state index in [9.17, 15) is 14.4 Å². The van der Waals surface area contributed by atoms with Gasteiger partial charge in [-0.15, -0.1) is 0 Å². The molecule has 33 heavy (non-hydrogen) atoms. The molecule has 0 aliphatic carbocycles. The summed E-state index contributed by atoms with van der Waals surface area (Å²) in [5.41, 5.74) is 1.13. The van der Waals surface area contributed by atoms with E-state index in [1.165, 1.54) is 14.2 Å². The van der Waals surface area contributed by atoms with Crippen molar-refractivity contribution in [2.75, 3.05) is 32.7 Å². The number of nitrogens with zero attached hydrogens (tertiary/aromatic N) is 1. The molecule has 174 valence electrons. The van der Waals surface area contributed by atoms with Crippen LogP contribution in [-0.4, -0.2) is 49.3 Å². The maximum absolute atomic E-state index is 12.8. The van der Waals surface area contributed by atoms with Crippen molar-refractivity contribution in [1.29, 1.82) is 0 Å². The minimum absolute atomic E-state index is 0.225. The minimum atomic E-state index is -0.528. The fourth-order valence-corrected chi connectivity index (χ4v) is 3.86. The number of thioether (sulfide) groups is 1. The second-order valence-corrected chi connectivity index (χ2v) is 8.62. The van der Waals surface area contributed by atoms with Crippen LogP contribution in [0, 0.1) is 5.92 Å². The third kappa shape index (κ3) is 6.07. The molecule has 1 aliphatic heterocycles. The third-order valence-corrected chi connectivity index (χ3v) is 5.52. The van der Waals surface area contributed by atoms with Crippen LogP contribution in [0.15, 0.2) is 47.4 Å². The third-order valence-electron chi connectivity index (χ3n) is 4.61. The van der Waals surface area contributed by atoms with Gasteiger partial charge in [-0.25, -0.2) is 0 Å². The number of carbonyl (C=O) groups excluding carboxylic acids is 3. The minimum Gasteiger partial charge on any atom is -0.495 e. The molecule has 1 heterocycles. The molecule has 9 heteroatoms. The van der Waals surface area contributed by atoms with Crippen molar-refractivity contribution in [2.24, 2.45) is 5.92 Å². The van der Waals surface area contributed by atoms with E-state index in [1.807, 2.05) is 13.8 Å². The standard InChI is InChI=1S/C24H26N2O6S/c1-15(2)14-32-19-10-9-16(11-20(19)31-4)12-21-23(28)26(24(29)33-21)13-22(27)25-17-7-5-6-8-18(17)30-3/h5-12,15H,13-14H2,1-4H3,(H,25,27)/b21-12-. The van der Waals surface area contributed by atoms with E-state index < -0.39 is 23.6 Å². The van der Waals surface area contributed by atoms with Crippen LogP contribution in [-0.2, 0) is 9.59 Å². The van der Waals surface area contributed by atoms with Gasteiger partial charge in [-0.2, -0.15) is 0 Å². The fourth-order valence-electron chi connectivity index (χ4n) is 3.02. The lowest BCUT2D eigenvalue weighted by Crippen LogP contribution is -2.36. The smallest absolute Gasteiger partial charge is 0.294 e. The van der Waals surface area contributed by atoms with Gasteiger partial charge < -0.3 is 19.5 Å². The summed E-state index contributed by atoms with van der Waals surface area (Å²) in [6.07, 6.45) is 1.60. The molecule has 1 saturated heterocycles. The molecule has 3 rings (SSSR count). The Morgan fingerprint density at radius 2 is 1.79 bits per heavy atom. The van der Waals surface area contributed by atoms with E-state index >= 15 is 0 Å². The van der Waals surface area contributed by atoms with E-state index in [4.69, 9.17) is 14.2 Å². The van der Waals surface area contributed by atoms with Crippen molar-refractivity contribution in [3.63, 3.8) is 0 Å². The number of carbonyl (C=O) groups is 3. The predicted octanol–water partition coefficient (Wildman–Crippen LogP) is 4.41. The Kier molecular flexibility index (Phi) is 8.00. The van der Waals surface area contributed by atoms with Crippen molar-refractivity contribution in [1.82, 2.24) is 4.90 Å². The van der Waals surface area contributed by atoms with E-state index in [-0.39, 0.29) is 4.91 Å². The van der Waals surface area contributed by atoms with E-state index in [0.717, 1.165) is 16.7 Å². The summed E-state index contributed by atoms with van der Waals surface area (Å²) in [4.78, 5) is 38.8. The lowest BCUT2D eigenvalue weighted by atomic mass is 10.1. The van der Waals surface area contributed by atoms with Crippen LogP contribution in [0.25, 0.3) is 6.08 Å². The molecule has 0 unspecified atom stereocenters. The van der Waals surface area contributed by atoms with E-state index in [0.29, 0.717) is 41.0 Å². The van der Waals surface area contributed by atoms with Gasteiger partial charge in [0.2, 0.25) is 5.91 Å². The van der Waals surface area contributed by atoms with Gasteiger partial charge in [0, 0.05) is 0 Å². The van der Waals surface area contributed by atoms with Crippen LogP contribution in [0.5, 0.6) is 17.2 Å². The summed E-state index contributed by atoms with van der Waals surface area (Å²) in [6, 6.07) is 12.2. The molecule has 2 aromatic carbocycles. The van der Waals surface area contributed by atoms with Crippen LogP contribution < -0.4 is 19.5 Å². The molecule has 0 aromatic heterocycles. The molecule has 1 aliphatic rings. The maximum Gasteiger partial charge on any atom is 0.294 e. The zero-order chi connectivity index (χ0) is 24.0. The zero-order valence-electron chi connectivity index (χ0n) is 18.9. The monoisotopic (exact) mass is 470 g/mol. The van der Waals surface area contributed by atoms with Crippen LogP contribution >= 0.6 is 11.8 Å². The molecular weight excluding hydrogens is 444 g/mol. The Labute approximate surface area is 196 Å². The number of amides is 3. The average molecular weight is 471 g/mol. The highest BCUT2D eigenvalue weighted by molar-refractivity contribution is 8.18. The van der Waals surface area contributed by atoms with E-state index in [2.05, 4.69) is 5.32 Å². The quantitative estimate of drug-likeness (QED) is 0.543. The highest BCUT2D eigenvalue weighted by Crippen LogP contribution is 2.34. The summed E-state index contributed by atoms with van der Waals surface area (Å²) in [5, 5.41) is 2.16. The number of methoxy groups -OCH3 is 2. The topological polar surface area (TPSA) is 94.2 Å². The molecule has 3 amide bonds. The number of benzene rings is 2. The van der Waals surface area contributed by atoms with Gasteiger partial charge in [-0.1, -0.05) is 32.0 Å². The molecule has 0 atom stereocenters. The van der Waals surface area contributed by atoms with Gasteiger partial charge in [-0.3, -0.25) is 19.3 Å². The molecule has 0 spiro atoms. The van der Waals surface area contributed by atoms with Crippen molar-refractivity contribution < 1.29 is 28.6 Å². The first-order valence-electron chi connectivity index (χ1n) is 10.3. The Morgan fingerprint density at radius 1 is 1.06 bits per heavy atom. The van der Waals surface area contributed by atoms with Crippen LogP contribution in [0.4, 0.5) is 10.5 Å². The number of anilines is 1. The Hall–Kier alpha value is -3.46. The summed E-state index contributed by atoms with van der Waals surface area (Å²) in [6.45, 7) is 4.25. The van der Waals surface area contributed by atoms with Gasteiger partial charge in [-0.05, 0) is 53.6 Å². The Morgan fingerprint density at radius 3 is 2.48 bits per heavy atom. The molecule has 1 N–H and O–H groups in total. The first kappa shape index (κ1) is 24.2. The van der Waals surface area contributed by atoms with Crippen LogP contribution in [0.3, 0.4) is 0 Å². The average Bonchev–Trinajstić information content (AvgIpc) is 3.05.